The van der Waals surface area contributed by atoms with Crippen LogP contribution in [0.1, 0.15) is 29.7 Å². The number of nitrogens with two attached hydrogens (primary N) is 2. The van der Waals surface area contributed by atoms with Gasteiger partial charge in [-0.15, -0.1) is 0 Å². The van der Waals surface area contributed by atoms with Gasteiger partial charge in [0.25, 0.3) is 0 Å². The molecule has 11 N–H and O–H groups in total. The van der Waals surface area contributed by atoms with Crippen LogP contribution in [-0.4, -0.2) is 78.8 Å². The number of hydrogen-bond acceptors (Lipinski definition) is 7. The Balaban J connectivity index is 1.37. The Bertz CT molecular complexity index is 1910. The van der Waals surface area contributed by atoms with E-state index in [2.05, 4.69) is 35.9 Å². The summed E-state index contributed by atoms with van der Waals surface area (Å²) in [5, 5.41) is 19.3. The van der Waals surface area contributed by atoms with E-state index in [4.69, 9.17) is 11.5 Å². The van der Waals surface area contributed by atoms with Crippen LogP contribution < -0.4 is 27.4 Å². The lowest BCUT2D eigenvalue weighted by atomic mass is 10.0. The second-order valence-corrected chi connectivity index (χ2v) is 11.5. The minimum atomic E-state index is -1.43. The molecule has 5 aromatic rings. The number of aromatic amines is 3. The van der Waals surface area contributed by atoms with Crippen LogP contribution in [0.3, 0.4) is 0 Å². The lowest BCUT2D eigenvalue weighted by Gasteiger charge is -2.25. The number of carbonyl (C=O) groups is 5. The van der Waals surface area contributed by atoms with E-state index in [9.17, 15) is 29.1 Å². The Hall–Kier alpha value is -5.96. The van der Waals surface area contributed by atoms with E-state index in [1.165, 1.54) is 12.5 Å². The molecule has 0 bridgehead atoms. The number of benzene rings is 2. The molecule has 3 heterocycles. The maximum absolute atomic E-state index is 14.0. The van der Waals surface area contributed by atoms with Crippen LogP contribution in [-0.2, 0) is 43.2 Å². The average molecular weight is 656 g/mol. The number of amides is 4. The summed E-state index contributed by atoms with van der Waals surface area (Å²) < 4.78 is 0. The predicted molar refractivity (Wildman–Crippen MR) is 176 cm³/mol. The van der Waals surface area contributed by atoms with Gasteiger partial charge in [0.15, 0.2) is 0 Å². The molecule has 0 saturated carbocycles. The first-order valence-corrected chi connectivity index (χ1v) is 15.3. The summed E-state index contributed by atoms with van der Waals surface area (Å²) in [4.78, 5) is 77.2. The Morgan fingerprint density at radius 2 is 1.27 bits per heavy atom. The van der Waals surface area contributed by atoms with Crippen molar-refractivity contribution in [3.8, 4) is 0 Å². The summed E-state index contributed by atoms with van der Waals surface area (Å²) in [7, 11) is 0. The van der Waals surface area contributed by atoms with Crippen molar-refractivity contribution in [1.29, 1.82) is 0 Å². The highest BCUT2D eigenvalue weighted by Crippen LogP contribution is 2.21. The fourth-order valence-corrected chi connectivity index (χ4v) is 5.55. The van der Waals surface area contributed by atoms with E-state index >= 15 is 0 Å². The summed E-state index contributed by atoms with van der Waals surface area (Å²) in [6.45, 7) is 0. The highest BCUT2D eigenvalue weighted by atomic mass is 16.4. The van der Waals surface area contributed by atoms with Crippen LogP contribution in [0.2, 0.25) is 0 Å². The number of carboxylic acids is 1. The maximum Gasteiger partial charge on any atom is 0.326 e. The normalized spacial score (nSPS) is 13.8. The SMILES string of the molecule is NC(=O)CCC(NC(=O)C(Cc1cnc[nH]1)NC(=O)C(Cc1c[nH]c2ccccc12)NC(=O)C(N)Cc1c[nH]c2ccccc12)C(=O)O. The lowest BCUT2D eigenvalue weighted by molar-refractivity contribution is -0.142. The van der Waals surface area contributed by atoms with Crippen LogP contribution in [0.25, 0.3) is 21.8 Å². The molecule has 4 unspecified atom stereocenters. The molecule has 0 aliphatic rings. The molecule has 250 valence electrons. The predicted octanol–water partition coefficient (Wildman–Crippen LogP) is 0.532. The van der Waals surface area contributed by atoms with Crippen LogP contribution >= 0.6 is 0 Å². The number of primary amides is 1. The van der Waals surface area contributed by atoms with Crippen molar-refractivity contribution < 1.29 is 29.1 Å². The summed E-state index contributed by atoms with van der Waals surface area (Å²) in [6.07, 6.45) is 6.06. The van der Waals surface area contributed by atoms with Crippen molar-refractivity contribution in [3.63, 3.8) is 0 Å². The fraction of sp³-hybridized carbons (Fsp3) is 0.273. The molecule has 0 aliphatic carbocycles. The first-order chi connectivity index (χ1) is 23.1. The third kappa shape index (κ3) is 8.24. The van der Waals surface area contributed by atoms with Gasteiger partial charge in [-0.2, -0.15) is 0 Å². The van der Waals surface area contributed by atoms with Gasteiger partial charge in [0.1, 0.15) is 18.1 Å². The number of imidazole rings is 1. The number of nitrogens with one attached hydrogen (secondary N) is 6. The van der Waals surface area contributed by atoms with Gasteiger partial charge in [0.2, 0.25) is 23.6 Å². The first kappa shape index (κ1) is 33.4. The highest BCUT2D eigenvalue weighted by molar-refractivity contribution is 5.95. The second-order valence-electron chi connectivity index (χ2n) is 11.5. The molecule has 3 aromatic heterocycles. The quantitative estimate of drug-likeness (QED) is 0.0723. The minimum Gasteiger partial charge on any atom is -0.480 e. The number of H-pyrrole nitrogens is 3. The zero-order valence-corrected chi connectivity index (χ0v) is 25.9. The molecule has 0 spiro atoms. The number of hydrogen-bond donors (Lipinski definition) is 9. The van der Waals surface area contributed by atoms with Gasteiger partial charge in [-0.1, -0.05) is 36.4 Å². The number of aromatic nitrogens is 4. The molecule has 4 atom stereocenters. The van der Waals surface area contributed by atoms with Crippen molar-refractivity contribution in [2.75, 3.05) is 0 Å². The molecular weight excluding hydrogens is 618 g/mol. The Morgan fingerprint density at radius 3 is 1.83 bits per heavy atom. The summed E-state index contributed by atoms with van der Waals surface area (Å²) in [6, 6.07) is 10.2. The van der Waals surface area contributed by atoms with Crippen LogP contribution in [0, 0.1) is 0 Å². The molecule has 0 saturated heterocycles. The summed E-state index contributed by atoms with van der Waals surface area (Å²) >= 11 is 0. The van der Waals surface area contributed by atoms with E-state index in [0.29, 0.717) is 5.69 Å². The van der Waals surface area contributed by atoms with Gasteiger partial charge in [-0.05, 0) is 36.1 Å². The topological polar surface area (TPSA) is 254 Å². The number of aliphatic carboxylic acids is 1. The summed E-state index contributed by atoms with van der Waals surface area (Å²) in [5.41, 5.74) is 15.3. The monoisotopic (exact) mass is 655 g/mol. The zero-order valence-electron chi connectivity index (χ0n) is 25.9. The molecule has 5 rings (SSSR count). The van der Waals surface area contributed by atoms with Crippen molar-refractivity contribution >= 4 is 51.4 Å². The number of rotatable bonds is 16. The van der Waals surface area contributed by atoms with E-state index in [1.54, 1.807) is 12.4 Å². The maximum atomic E-state index is 14.0. The highest BCUT2D eigenvalue weighted by Gasteiger charge is 2.31. The van der Waals surface area contributed by atoms with Gasteiger partial charge in [0.05, 0.1) is 12.4 Å². The van der Waals surface area contributed by atoms with E-state index in [1.807, 2.05) is 48.5 Å². The molecule has 0 radical (unpaired) electrons. The molecular formula is C33H37N9O6. The molecule has 48 heavy (non-hydrogen) atoms. The van der Waals surface area contributed by atoms with Gasteiger partial charge in [0, 0.05) is 65.4 Å². The number of para-hydroxylation sites is 2. The third-order valence-corrected chi connectivity index (χ3v) is 8.09. The minimum absolute atomic E-state index is 0.0517. The van der Waals surface area contributed by atoms with Crippen LogP contribution in [0.15, 0.2) is 73.4 Å². The Morgan fingerprint density at radius 1 is 0.729 bits per heavy atom. The van der Waals surface area contributed by atoms with Crippen molar-refractivity contribution in [1.82, 2.24) is 35.9 Å². The van der Waals surface area contributed by atoms with Gasteiger partial charge in [-0.25, -0.2) is 9.78 Å². The van der Waals surface area contributed by atoms with Crippen LogP contribution in [0.4, 0.5) is 0 Å². The van der Waals surface area contributed by atoms with E-state index in [0.717, 1.165) is 32.9 Å². The van der Waals surface area contributed by atoms with Crippen molar-refractivity contribution in [2.24, 2.45) is 11.5 Å². The van der Waals surface area contributed by atoms with E-state index in [-0.39, 0.29) is 32.1 Å². The molecule has 0 fully saturated rings. The number of carbonyl (C=O) groups excluding carboxylic acids is 4. The molecule has 4 amide bonds. The van der Waals surface area contributed by atoms with Crippen molar-refractivity contribution in [2.45, 2.75) is 56.3 Å². The smallest absolute Gasteiger partial charge is 0.326 e. The average Bonchev–Trinajstić information content (AvgIpc) is 3.83. The molecule has 2 aromatic carbocycles. The second kappa shape index (κ2) is 15.1. The van der Waals surface area contributed by atoms with E-state index < -0.39 is 53.8 Å². The number of fused-ring (bicyclic) bond motifs is 2. The first-order valence-electron chi connectivity index (χ1n) is 15.3. The standard InChI is InChI=1S/C33H37N9O6/c34-23(11-18-14-37-24-7-3-1-5-21(18)24)30(44)41-27(12-19-15-38-25-8-4-2-6-22(19)25)31(45)42-28(13-20-16-36-17-39-20)32(46)40-26(33(47)48)9-10-29(35)43/h1-8,14-17,23,26-28,37-38H,9-13,34H2,(H2,35,43)(H,36,39)(H,40,46)(H,41,44)(H,42,45)(H,47,48). The van der Waals surface area contributed by atoms with Gasteiger partial charge >= 0.3 is 5.97 Å². The third-order valence-electron chi connectivity index (χ3n) is 8.09. The van der Waals surface area contributed by atoms with Gasteiger partial charge in [-0.3, -0.25) is 19.2 Å². The van der Waals surface area contributed by atoms with Gasteiger partial charge < -0.3 is 47.5 Å². The fourth-order valence-electron chi connectivity index (χ4n) is 5.55. The lowest BCUT2D eigenvalue weighted by Crippen LogP contribution is -2.58. The molecule has 15 nitrogen and oxygen atoms in total. The Kier molecular flexibility index (Phi) is 10.5. The number of carboxylic acid groups (broad SMARTS) is 1. The number of nitrogens with zero attached hydrogens (tertiary/aromatic N) is 1. The van der Waals surface area contributed by atoms with Crippen molar-refractivity contribution in [3.05, 3.63) is 90.3 Å². The molecule has 15 heteroatoms. The Labute approximate surface area is 274 Å². The van der Waals surface area contributed by atoms with Crippen LogP contribution in [0.5, 0.6) is 0 Å². The molecule has 0 aliphatic heterocycles. The summed E-state index contributed by atoms with van der Waals surface area (Å²) in [5.74, 6) is -4.19. The zero-order chi connectivity index (χ0) is 34.2. The largest absolute Gasteiger partial charge is 0.480 e.